The standard InChI is InChI=1S/C7H8N4O5/c8-7-4(11(14)15)1-2-5(9-7)10-16-3-6(12)13/h1-2H,3H2,(H,12,13)(H3,8,9,10). The van der Waals surface area contributed by atoms with Gasteiger partial charge in [-0.1, -0.05) is 0 Å². The van der Waals surface area contributed by atoms with Crippen LogP contribution in [-0.4, -0.2) is 27.6 Å². The molecule has 0 aliphatic carbocycles. The number of nitrogen functional groups attached to an aromatic ring is 1. The minimum absolute atomic E-state index is 0.0874. The highest BCUT2D eigenvalue weighted by atomic mass is 16.7. The summed E-state index contributed by atoms with van der Waals surface area (Å²) in [6.45, 7) is -0.571. The second-order valence-electron chi connectivity index (χ2n) is 2.64. The monoisotopic (exact) mass is 228 g/mol. The van der Waals surface area contributed by atoms with Gasteiger partial charge < -0.3 is 10.8 Å². The number of nitrogens with two attached hydrogens (primary N) is 1. The molecule has 86 valence electrons. The van der Waals surface area contributed by atoms with E-state index in [1.807, 2.05) is 0 Å². The summed E-state index contributed by atoms with van der Waals surface area (Å²) in [7, 11) is 0. The van der Waals surface area contributed by atoms with Crippen molar-refractivity contribution in [1.82, 2.24) is 4.98 Å². The van der Waals surface area contributed by atoms with Crippen molar-refractivity contribution in [1.29, 1.82) is 0 Å². The van der Waals surface area contributed by atoms with E-state index < -0.39 is 17.5 Å². The summed E-state index contributed by atoms with van der Waals surface area (Å²) in [4.78, 5) is 27.9. The van der Waals surface area contributed by atoms with Gasteiger partial charge in [0.1, 0.15) is 0 Å². The van der Waals surface area contributed by atoms with Gasteiger partial charge >= 0.3 is 11.7 Å². The third kappa shape index (κ3) is 3.06. The fourth-order valence-electron chi connectivity index (χ4n) is 0.851. The van der Waals surface area contributed by atoms with Gasteiger partial charge in [0.2, 0.25) is 5.82 Å². The highest BCUT2D eigenvalue weighted by Crippen LogP contribution is 2.20. The van der Waals surface area contributed by atoms with Crippen LogP contribution in [0.2, 0.25) is 0 Å². The Labute approximate surface area is 88.9 Å². The Kier molecular flexibility index (Phi) is 3.56. The Hall–Kier alpha value is -2.42. The van der Waals surface area contributed by atoms with Gasteiger partial charge in [0, 0.05) is 6.07 Å². The van der Waals surface area contributed by atoms with E-state index >= 15 is 0 Å². The molecule has 1 heterocycles. The zero-order valence-corrected chi connectivity index (χ0v) is 7.91. The number of hydrogen-bond donors (Lipinski definition) is 3. The maximum Gasteiger partial charge on any atom is 0.332 e. The molecule has 0 fully saturated rings. The lowest BCUT2D eigenvalue weighted by atomic mass is 10.4. The van der Waals surface area contributed by atoms with Gasteiger partial charge in [-0.2, -0.15) is 0 Å². The molecule has 0 unspecified atom stereocenters. The summed E-state index contributed by atoms with van der Waals surface area (Å²) in [5.74, 6) is -1.36. The SMILES string of the molecule is Nc1nc(NOCC(=O)O)ccc1[N+](=O)[O-]. The van der Waals surface area contributed by atoms with Crippen LogP contribution in [0.25, 0.3) is 0 Å². The maximum absolute atomic E-state index is 10.4. The van der Waals surface area contributed by atoms with Gasteiger partial charge in [0.15, 0.2) is 12.4 Å². The number of hydrogen-bond acceptors (Lipinski definition) is 7. The third-order valence-electron chi connectivity index (χ3n) is 1.47. The number of pyridine rings is 1. The van der Waals surface area contributed by atoms with Gasteiger partial charge in [0.05, 0.1) is 4.92 Å². The predicted octanol–water partition coefficient (Wildman–Crippen LogP) is 0.0001000. The van der Waals surface area contributed by atoms with Crippen LogP contribution in [0.3, 0.4) is 0 Å². The molecule has 16 heavy (non-hydrogen) atoms. The number of aliphatic carboxylic acids is 1. The number of carboxylic acids is 1. The number of carbonyl (C=O) groups is 1. The average Bonchev–Trinajstić information content (AvgIpc) is 2.16. The predicted molar refractivity (Wildman–Crippen MR) is 52.5 cm³/mol. The van der Waals surface area contributed by atoms with Gasteiger partial charge in [0.25, 0.3) is 0 Å². The number of anilines is 2. The first-order chi connectivity index (χ1) is 7.50. The molecule has 0 bridgehead atoms. The van der Waals surface area contributed by atoms with Gasteiger partial charge in [-0.05, 0) is 6.07 Å². The smallest absolute Gasteiger partial charge is 0.332 e. The molecule has 0 saturated carbocycles. The average molecular weight is 228 g/mol. The van der Waals surface area contributed by atoms with Crippen LogP contribution < -0.4 is 11.2 Å². The Bertz CT molecular complexity index is 421. The molecule has 0 aliphatic rings. The second-order valence-corrected chi connectivity index (χ2v) is 2.64. The summed E-state index contributed by atoms with van der Waals surface area (Å²) in [5.41, 5.74) is 7.15. The molecule has 9 heteroatoms. The number of nitrogens with one attached hydrogen (secondary N) is 1. The molecule has 0 radical (unpaired) electrons. The van der Waals surface area contributed by atoms with Crippen LogP contribution in [0.4, 0.5) is 17.3 Å². The maximum atomic E-state index is 10.4. The summed E-state index contributed by atoms with van der Waals surface area (Å²) >= 11 is 0. The van der Waals surface area contributed by atoms with Crippen molar-refractivity contribution in [2.75, 3.05) is 17.8 Å². The highest BCUT2D eigenvalue weighted by molar-refractivity contribution is 5.68. The number of rotatable bonds is 5. The number of aromatic nitrogens is 1. The van der Waals surface area contributed by atoms with E-state index in [2.05, 4.69) is 15.3 Å². The van der Waals surface area contributed by atoms with Crippen LogP contribution in [0.15, 0.2) is 12.1 Å². The van der Waals surface area contributed by atoms with Crippen molar-refractivity contribution in [3.63, 3.8) is 0 Å². The van der Waals surface area contributed by atoms with Crippen molar-refractivity contribution in [3.05, 3.63) is 22.2 Å². The van der Waals surface area contributed by atoms with E-state index in [1.165, 1.54) is 6.07 Å². The summed E-state index contributed by atoms with van der Waals surface area (Å²) in [5, 5.41) is 18.7. The first-order valence-electron chi connectivity index (χ1n) is 4.01. The number of nitro groups is 1. The third-order valence-corrected chi connectivity index (χ3v) is 1.47. The summed E-state index contributed by atoms with van der Waals surface area (Å²) in [6, 6.07) is 2.38. The molecule has 1 aromatic rings. The normalized spacial score (nSPS) is 9.75. The summed E-state index contributed by atoms with van der Waals surface area (Å²) in [6.07, 6.45) is 0. The van der Waals surface area contributed by atoms with Crippen LogP contribution in [0, 0.1) is 10.1 Å². The van der Waals surface area contributed by atoms with Gasteiger partial charge in [-0.3, -0.25) is 15.0 Å². The molecule has 0 spiro atoms. The molecule has 0 aliphatic heterocycles. The van der Waals surface area contributed by atoms with Gasteiger partial charge in [-0.25, -0.2) is 15.3 Å². The fourth-order valence-corrected chi connectivity index (χ4v) is 0.851. The lowest BCUT2D eigenvalue weighted by Gasteiger charge is -2.04. The van der Waals surface area contributed by atoms with Crippen molar-refractivity contribution >= 4 is 23.3 Å². The van der Waals surface area contributed by atoms with Crippen molar-refractivity contribution in [2.45, 2.75) is 0 Å². The van der Waals surface area contributed by atoms with Crippen LogP contribution in [-0.2, 0) is 9.63 Å². The van der Waals surface area contributed by atoms with Crippen molar-refractivity contribution < 1.29 is 19.7 Å². The molecule has 9 nitrogen and oxygen atoms in total. The molecule has 4 N–H and O–H groups in total. The quantitative estimate of drug-likeness (QED) is 0.472. The van der Waals surface area contributed by atoms with Crippen LogP contribution in [0.1, 0.15) is 0 Å². The molecule has 0 atom stereocenters. The Balaban J connectivity index is 2.66. The van der Waals surface area contributed by atoms with E-state index in [4.69, 9.17) is 10.8 Å². The zero-order valence-electron chi connectivity index (χ0n) is 7.91. The lowest BCUT2D eigenvalue weighted by Crippen LogP contribution is -2.12. The lowest BCUT2D eigenvalue weighted by molar-refractivity contribution is -0.384. The fraction of sp³-hybridized carbons (Fsp3) is 0.143. The zero-order chi connectivity index (χ0) is 12.1. The summed E-state index contributed by atoms with van der Waals surface area (Å²) < 4.78 is 0. The molecule has 0 aromatic carbocycles. The number of nitrogens with zero attached hydrogens (tertiary/aromatic N) is 2. The number of carboxylic acid groups (broad SMARTS) is 1. The largest absolute Gasteiger partial charge is 0.479 e. The second kappa shape index (κ2) is 4.89. The first kappa shape index (κ1) is 11.7. The molecule has 1 rings (SSSR count). The minimum Gasteiger partial charge on any atom is -0.479 e. The molecule has 0 saturated heterocycles. The van der Waals surface area contributed by atoms with E-state index in [0.29, 0.717) is 0 Å². The Morgan fingerprint density at radius 2 is 2.38 bits per heavy atom. The Morgan fingerprint density at radius 1 is 1.69 bits per heavy atom. The van der Waals surface area contributed by atoms with E-state index in [9.17, 15) is 14.9 Å². The molecular weight excluding hydrogens is 220 g/mol. The van der Waals surface area contributed by atoms with Crippen molar-refractivity contribution in [2.24, 2.45) is 0 Å². The van der Waals surface area contributed by atoms with E-state index in [-0.39, 0.29) is 17.3 Å². The molecule has 0 amide bonds. The van der Waals surface area contributed by atoms with E-state index in [0.717, 1.165) is 6.07 Å². The van der Waals surface area contributed by atoms with Crippen molar-refractivity contribution in [3.8, 4) is 0 Å². The van der Waals surface area contributed by atoms with Crippen LogP contribution >= 0.6 is 0 Å². The molecule has 1 aromatic heterocycles. The molecular formula is C7H8N4O5. The van der Waals surface area contributed by atoms with Gasteiger partial charge in [-0.15, -0.1) is 0 Å². The van der Waals surface area contributed by atoms with Crippen LogP contribution in [0.5, 0.6) is 0 Å². The minimum atomic E-state index is -1.16. The van der Waals surface area contributed by atoms with E-state index in [1.54, 1.807) is 0 Å². The Morgan fingerprint density at radius 3 is 2.88 bits per heavy atom. The highest BCUT2D eigenvalue weighted by Gasteiger charge is 2.12. The topological polar surface area (TPSA) is 141 Å². The first-order valence-corrected chi connectivity index (χ1v) is 4.01.